The average Bonchev–Trinajstić information content (AvgIpc) is 2.49. The largest absolute Gasteiger partial charge is 0.507 e. The Labute approximate surface area is 121 Å². The Morgan fingerprint density at radius 1 is 0.905 bits per heavy atom. The number of carbonyl (C=O) groups is 1. The van der Waals surface area contributed by atoms with Crippen molar-refractivity contribution in [1.82, 2.24) is 0 Å². The van der Waals surface area contributed by atoms with Crippen molar-refractivity contribution >= 4 is 22.4 Å². The van der Waals surface area contributed by atoms with E-state index in [2.05, 4.69) is 0 Å². The fourth-order valence-corrected chi connectivity index (χ4v) is 2.13. The van der Waals surface area contributed by atoms with Crippen molar-refractivity contribution in [2.45, 2.75) is 0 Å². The van der Waals surface area contributed by atoms with Crippen molar-refractivity contribution in [3.8, 4) is 11.5 Å². The molecule has 0 fully saturated rings. The van der Waals surface area contributed by atoms with E-state index in [4.69, 9.17) is 10.5 Å². The SMILES string of the molecule is Nc1ccc(C(=O)Oc2cccc3c(O)cccc23)cc1. The molecule has 4 heteroatoms. The van der Waals surface area contributed by atoms with Crippen molar-refractivity contribution < 1.29 is 14.6 Å². The fraction of sp³-hybridized carbons (Fsp3) is 0. The van der Waals surface area contributed by atoms with E-state index in [1.807, 2.05) is 0 Å². The summed E-state index contributed by atoms with van der Waals surface area (Å²) in [7, 11) is 0. The Kier molecular flexibility index (Phi) is 3.20. The molecule has 3 aromatic carbocycles. The van der Waals surface area contributed by atoms with Gasteiger partial charge in [0.1, 0.15) is 11.5 Å². The minimum absolute atomic E-state index is 0.151. The number of anilines is 1. The first-order valence-corrected chi connectivity index (χ1v) is 6.43. The molecule has 3 rings (SSSR count). The van der Waals surface area contributed by atoms with Crippen LogP contribution in [0.4, 0.5) is 5.69 Å². The summed E-state index contributed by atoms with van der Waals surface area (Å²) in [6.07, 6.45) is 0. The monoisotopic (exact) mass is 279 g/mol. The lowest BCUT2D eigenvalue weighted by atomic mass is 10.1. The van der Waals surface area contributed by atoms with Crippen molar-refractivity contribution in [2.75, 3.05) is 5.73 Å². The number of nitrogens with two attached hydrogens (primary N) is 1. The summed E-state index contributed by atoms with van der Waals surface area (Å²) in [6.45, 7) is 0. The first-order valence-electron chi connectivity index (χ1n) is 6.43. The minimum atomic E-state index is -0.467. The van der Waals surface area contributed by atoms with Crippen LogP contribution in [0.25, 0.3) is 10.8 Å². The molecule has 0 unspecified atom stereocenters. The van der Waals surface area contributed by atoms with Gasteiger partial charge in [-0.1, -0.05) is 24.3 Å². The number of carbonyl (C=O) groups excluding carboxylic acids is 1. The summed E-state index contributed by atoms with van der Waals surface area (Å²) in [4.78, 5) is 12.1. The highest BCUT2D eigenvalue weighted by Gasteiger charge is 2.11. The van der Waals surface area contributed by atoms with Crippen LogP contribution in [0.3, 0.4) is 0 Å². The van der Waals surface area contributed by atoms with Crippen LogP contribution in [0, 0.1) is 0 Å². The molecule has 0 aliphatic heterocycles. The molecule has 0 atom stereocenters. The number of ether oxygens (including phenoxy) is 1. The van der Waals surface area contributed by atoms with Crippen molar-refractivity contribution in [3.63, 3.8) is 0 Å². The van der Waals surface area contributed by atoms with Crippen molar-refractivity contribution in [2.24, 2.45) is 0 Å². The van der Waals surface area contributed by atoms with E-state index in [9.17, 15) is 9.90 Å². The molecule has 3 aromatic rings. The van der Waals surface area contributed by atoms with Gasteiger partial charge >= 0.3 is 5.97 Å². The Balaban J connectivity index is 1.96. The molecular weight excluding hydrogens is 266 g/mol. The highest BCUT2D eigenvalue weighted by atomic mass is 16.5. The van der Waals surface area contributed by atoms with Crippen LogP contribution in [-0.2, 0) is 0 Å². The van der Waals surface area contributed by atoms with E-state index in [1.54, 1.807) is 60.7 Å². The Hall–Kier alpha value is -3.01. The number of fused-ring (bicyclic) bond motifs is 1. The molecule has 104 valence electrons. The normalized spacial score (nSPS) is 10.5. The average molecular weight is 279 g/mol. The molecule has 0 aromatic heterocycles. The van der Waals surface area contributed by atoms with Gasteiger partial charge in [0, 0.05) is 16.5 Å². The quantitative estimate of drug-likeness (QED) is 0.428. The maximum atomic E-state index is 12.1. The molecule has 0 radical (unpaired) electrons. The van der Waals surface area contributed by atoms with Gasteiger partial charge < -0.3 is 15.6 Å². The third-order valence-corrected chi connectivity index (χ3v) is 3.21. The first kappa shape index (κ1) is 13.0. The lowest BCUT2D eigenvalue weighted by Crippen LogP contribution is -2.08. The number of aromatic hydroxyl groups is 1. The van der Waals surface area contributed by atoms with Gasteiger partial charge in [-0.3, -0.25) is 0 Å². The number of phenolic OH excluding ortho intramolecular Hbond substituents is 1. The Morgan fingerprint density at radius 2 is 1.57 bits per heavy atom. The summed E-state index contributed by atoms with van der Waals surface area (Å²) >= 11 is 0. The second kappa shape index (κ2) is 5.17. The van der Waals surface area contributed by atoms with Gasteiger partial charge in [0.2, 0.25) is 0 Å². The fourth-order valence-electron chi connectivity index (χ4n) is 2.13. The van der Waals surface area contributed by atoms with E-state index in [0.29, 0.717) is 27.8 Å². The zero-order chi connectivity index (χ0) is 14.8. The summed E-state index contributed by atoms with van der Waals surface area (Å²) in [5.41, 5.74) is 6.59. The number of phenols is 1. The zero-order valence-electron chi connectivity index (χ0n) is 11.1. The third kappa shape index (κ3) is 2.51. The summed E-state index contributed by atoms with van der Waals surface area (Å²) < 4.78 is 5.42. The molecule has 0 aliphatic rings. The number of hydrogen-bond acceptors (Lipinski definition) is 4. The number of nitrogen functional groups attached to an aromatic ring is 1. The van der Waals surface area contributed by atoms with Gasteiger partial charge in [0.25, 0.3) is 0 Å². The van der Waals surface area contributed by atoms with Crippen LogP contribution in [0.1, 0.15) is 10.4 Å². The molecule has 0 amide bonds. The molecular formula is C17H13NO3. The first-order chi connectivity index (χ1) is 10.1. The molecule has 4 nitrogen and oxygen atoms in total. The van der Waals surface area contributed by atoms with Crippen molar-refractivity contribution in [1.29, 1.82) is 0 Å². The van der Waals surface area contributed by atoms with Gasteiger partial charge in [0.15, 0.2) is 0 Å². The van der Waals surface area contributed by atoms with Gasteiger partial charge in [-0.15, -0.1) is 0 Å². The van der Waals surface area contributed by atoms with Crippen LogP contribution in [0.2, 0.25) is 0 Å². The summed E-state index contributed by atoms with van der Waals surface area (Å²) in [6, 6.07) is 16.8. The maximum absolute atomic E-state index is 12.1. The molecule has 0 saturated heterocycles. The molecule has 0 saturated carbocycles. The van der Waals surface area contributed by atoms with Crippen LogP contribution in [-0.4, -0.2) is 11.1 Å². The lowest BCUT2D eigenvalue weighted by molar-refractivity contribution is 0.0737. The number of esters is 1. The number of benzene rings is 3. The molecule has 3 N–H and O–H groups in total. The predicted molar refractivity (Wildman–Crippen MR) is 81.4 cm³/mol. The maximum Gasteiger partial charge on any atom is 0.343 e. The number of hydrogen-bond donors (Lipinski definition) is 2. The van der Waals surface area contributed by atoms with E-state index >= 15 is 0 Å². The molecule has 0 spiro atoms. The molecule has 0 bridgehead atoms. The molecule has 0 heterocycles. The Morgan fingerprint density at radius 3 is 2.33 bits per heavy atom. The van der Waals surface area contributed by atoms with Gasteiger partial charge in [0.05, 0.1) is 5.56 Å². The Bertz CT molecular complexity index is 810. The second-order valence-corrected chi connectivity index (χ2v) is 4.64. The summed E-state index contributed by atoms with van der Waals surface area (Å²) in [5, 5.41) is 11.1. The van der Waals surface area contributed by atoms with E-state index in [-0.39, 0.29) is 5.75 Å². The third-order valence-electron chi connectivity index (χ3n) is 3.21. The molecule has 21 heavy (non-hydrogen) atoms. The van der Waals surface area contributed by atoms with Gasteiger partial charge in [-0.25, -0.2) is 4.79 Å². The van der Waals surface area contributed by atoms with Crippen LogP contribution >= 0.6 is 0 Å². The van der Waals surface area contributed by atoms with Crippen LogP contribution in [0.5, 0.6) is 11.5 Å². The standard InChI is InChI=1S/C17H13NO3/c18-12-9-7-11(8-10-12)17(20)21-16-6-2-3-13-14(16)4-1-5-15(13)19/h1-10,19H,18H2. The van der Waals surface area contributed by atoms with Gasteiger partial charge in [-0.2, -0.15) is 0 Å². The topological polar surface area (TPSA) is 72.6 Å². The predicted octanol–water partition coefficient (Wildman–Crippen LogP) is 3.35. The lowest BCUT2D eigenvalue weighted by Gasteiger charge is -2.08. The highest BCUT2D eigenvalue weighted by molar-refractivity contribution is 5.97. The van der Waals surface area contributed by atoms with E-state index in [1.165, 1.54) is 0 Å². The highest BCUT2D eigenvalue weighted by Crippen LogP contribution is 2.31. The number of rotatable bonds is 2. The van der Waals surface area contributed by atoms with Crippen LogP contribution < -0.4 is 10.5 Å². The molecule has 0 aliphatic carbocycles. The van der Waals surface area contributed by atoms with E-state index < -0.39 is 5.97 Å². The van der Waals surface area contributed by atoms with Crippen molar-refractivity contribution in [3.05, 3.63) is 66.2 Å². The van der Waals surface area contributed by atoms with E-state index in [0.717, 1.165) is 0 Å². The second-order valence-electron chi connectivity index (χ2n) is 4.64. The smallest absolute Gasteiger partial charge is 0.343 e. The van der Waals surface area contributed by atoms with Gasteiger partial charge in [-0.05, 0) is 36.4 Å². The minimum Gasteiger partial charge on any atom is -0.507 e. The zero-order valence-corrected chi connectivity index (χ0v) is 11.1. The van der Waals surface area contributed by atoms with Crippen LogP contribution in [0.15, 0.2) is 60.7 Å². The summed E-state index contributed by atoms with van der Waals surface area (Å²) in [5.74, 6) is 0.0916.